The predicted octanol–water partition coefficient (Wildman–Crippen LogP) is 0.424. The molecule has 26 heavy (non-hydrogen) atoms. The van der Waals surface area contributed by atoms with Gasteiger partial charge in [0.05, 0.1) is 5.69 Å². The van der Waals surface area contributed by atoms with Crippen LogP contribution in [0, 0.1) is 13.8 Å². The molecule has 3 aromatic rings. The SMILES string of the molecule is Cc1cc(N[C@H]2CCN(c3cc(=O)n(C)c(=O)[nH]3)C2)n2nc(C)cc2n1. The van der Waals surface area contributed by atoms with Crippen LogP contribution in [0.5, 0.6) is 0 Å². The Labute approximate surface area is 149 Å². The molecule has 9 heteroatoms. The van der Waals surface area contributed by atoms with E-state index in [1.54, 1.807) is 0 Å². The predicted molar refractivity (Wildman–Crippen MR) is 99.0 cm³/mol. The summed E-state index contributed by atoms with van der Waals surface area (Å²) in [5, 5.41) is 8.01. The van der Waals surface area contributed by atoms with Crippen molar-refractivity contribution in [3.63, 3.8) is 0 Å². The molecular formula is C17H21N7O2. The summed E-state index contributed by atoms with van der Waals surface area (Å²) in [4.78, 5) is 33.0. The van der Waals surface area contributed by atoms with Gasteiger partial charge >= 0.3 is 5.69 Å². The van der Waals surface area contributed by atoms with Crippen molar-refractivity contribution in [1.82, 2.24) is 24.1 Å². The molecule has 0 unspecified atom stereocenters. The second kappa shape index (κ2) is 6.01. The van der Waals surface area contributed by atoms with Crippen LogP contribution < -0.4 is 21.5 Å². The Kier molecular flexibility index (Phi) is 3.78. The number of aromatic nitrogens is 5. The van der Waals surface area contributed by atoms with Gasteiger partial charge in [0.25, 0.3) is 5.56 Å². The number of rotatable bonds is 3. The molecule has 3 aromatic heterocycles. The van der Waals surface area contributed by atoms with Gasteiger partial charge in [-0.2, -0.15) is 9.61 Å². The van der Waals surface area contributed by atoms with Gasteiger partial charge in [0.1, 0.15) is 11.6 Å². The molecule has 4 heterocycles. The van der Waals surface area contributed by atoms with E-state index >= 15 is 0 Å². The molecule has 0 radical (unpaired) electrons. The summed E-state index contributed by atoms with van der Waals surface area (Å²) >= 11 is 0. The molecule has 9 nitrogen and oxygen atoms in total. The molecule has 136 valence electrons. The highest BCUT2D eigenvalue weighted by molar-refractivity contribution is 5.51. The Bertz CT molecular complexity index is 1060. The normalized spacial score (nSPS) is 17.2. The molecular weight excluding hydrogens is 334 g/mol. The first kappa shape index (κ1) is 16.4. The summed E-state index contributed by atoms with van der Waals surface area (Å²) in [5.41, 5.74) is 1.94. The van der Waals surface area contributed by atoms with Crippen LogP contribution in [-0.4, -0.2) is 43.3 Å². The summed E-state index contributed by atoms with van der Waals surface area (Å²) < 4.78 is 2.87. The van der Waals surface area contributed by atoms with E-state index in [9.17, 15) is 9.59 Å². The molecule has 0 aliphatic carbocycles. The van der Waals surface area contributed by atoms with Gasteiger partial charge in [0.15, 0.2) is 5.65 Å². The number of aryl methyl sites for hydroxylation is 2. The van der Waals surface area contributed by atoms with E-state index < -0.39 is 5.69 Å². The fourth-order valence-electron chi connectivity index (χ4n) is 3.34. The quantitative estimate of drug-likeness (QED) is 0.706. The lowest BCUT2D eigenvalue weighted by molar-refractivity contribution is 0.758. The molecule has 0 amide bonds. The minimum atomic E-state index is -0.401. The molecule has 0 aromatic carbocycles. The number of hydrogen-bond donors (Lipinski definition) is 2. The van der Waals surface area contributed by atoms with E-state index in [0.717, 1.165) is 40.4 Å². The Morgan fingerprint density at radius 1 is 1.19 bits per heavy atom. The first-order valence-electron chi connectivity index (χ1n) is 8.56. The van der Waals surface area contributed by atoms with Gasteiger partial charge in [-0.3, -0.25) is 14.3 Å². The Hall–Kier alpha value is -3.10. The van der Waals surface area contributed by atoms with Gasteiger partial charge in [-0.1, -0.05) is 0 Å². The number of nitrogens with zero attached hydrogens (tertiary/aromatic N) is 5. The standard InChI is InChI=1S/C17H21N7O2/c1-10-6-15(24-14(18-10)7-11(2)21-24)19-12-4-5-23(9-12)13-8-16(25)22(3)17(26)20-13/h6-8,12,19H,4-5,9H2,1-3H3,(H,20,26)/t12-/m0/s1. The highest BCUT2D eigenvalue weighted by atomic mass is 16.2. The van der Waals surface area contributed by atoms with E-state index in [1.165, 1.54) is 13.1 Å². The lowest BCUT2D eigenvalue weighted by Gasteiger charge is -2.19. The second-order valence-electron chi connectivity index (χ2n) is 6.77. The molecule has 1 atom stereocenters. The van der Waals surface area contributed by atoms with E-state index in [0.29, 0.717) is 12.4 Å². The van der Waals surface area contributed by atoms with Crippen molar-refractivity contribution in [3.05, 3.63) is 50.4 Å². The molecule has 1 fully saturated rings. The molecule has 0 bridgehead atoms. The molecule has 1 saturated heterocycles. The Morgan fingerprint density at radius 2 is 2.00 bits per heavy atom. The van der Waals surface area contributed by atoms with E-state index in [4.69, 9.17) is 0 Å². The zero-order valence-corrected chi connectivity index (χ0v) is 15.0. The lowest BCUT2D eigenvalue weighted by atomic mass is 10.2. The summed E-state index contributed by atoms with van der Waals surface area (Å²) in [6.07, 6.45) is 0.889. The molecule has 0 spiro atoms. The highest BCUT2D eigenvalue weighted by Gasteiger charge is 2.24. The van der Waals surface area contributed by atoms with Gasteiger partial charge in [-0.15, -0.1) is 0 Å². The molecule has 4 rings (SSSR count). The van der Waals surface area contributed by atoms with Gasteiger partial charge in [0, 0.05) is 50.1 Å². The van der Waals surface area contributed by atoms with Crippen molar-refractivity contribution in [1.29, 1.82) is 0 Å². The van der Waals surface area contributed by atoms with Crippen LogP contribution in [0.4, 0.5) is 11.6 Å². The fourth-order valence-corrected chi connectivity index (χ4v) is 3.34. The maximum atomic E-state index is 11.9. The third-order valence-corrected chi connectivity index (χ3v) is 4.69. The van der Waals surface area contributed by atoms with Crippen LogP contribution in [0.2, 0.25) is 0 Å². The van der Waals surface area contributed by atoms with Crippen LogP contribution in [0.1, 0.15) is 17.8 Å². The van der Waals surface area contributed by atoms with Gasteiger partial charge in [-0.25, -0.2) is 9.78 Å². The molecule has 1 aliphatic heterocycles. The van der Waals surface area contributed by atoms with Gasteiger partial charge in [0.2, 0.25) is 0 Å². The van der Waals surface area contributed by atoms with Crippen LogP contribution in [-0.2, 0) is 7.05 Å². The van der Waals surface area contributed by atoms with Crippen LogP contribution in [0.3, 0.4) is 0 Å². The second-order valence-corrected chi connectivity index (χ2v) is 6.77. The number of fused-ring (bicyclic) bond motifs is 1. The molecule has 0 saturated carbocycles. The zero-order chi connectivity index (χ0) is 18.4. The molecule has 2 N–H and O–H groups in total. The van der Waals surface area contributed by atoms with Gasteiger partial charge < -0.3 is 10.2 Å². The fraction of sp³-hybridized carbons (Fsp3) is 0.412. The van der Waals surface area contributed by atoms with E-state index in [1.807, 2.05) is 35.4 Å². The highest BCUT2D eigenvalue weighted by Crippen LogP contribution is 2.20. The van der Waals surface area contributed by atoms with Crippen LogP contribution in [0.25, 0.3) is 5.65 Å². The van der Waals surface area contributed by atoms with E-state index in [2.05, 4.69) is 20.4 Å². The summed E-state index contributed by atoms with van der Waals surface area (Å²) in [7, 11) is 1.46. The van der Waals surface area contributed by atoms with Crippen molar-refractivity contribution in [3.8, 4) is 0 Å². The van der Waals surface area contributed by atoms with Crippen molar-refractivity contribution in [2.24, 2.45) is 7.05 Å². The van der Waals surface area contributed by atoms with Crippen molar-refractivity contribution in [2.45, 2.75) is 26.3 Å². The maximum Gasteiger partial charge on any atom is 0.329 e. The summed E-state index contributed by atoms with van der Waals surface area (Å²) in [5.74, 6) is 1.46. The maximum absolute atomic E-state index is 11.9. The average Bonchev–Trinajstić information content (AvgIpc) is 3.18. The number of anilines is 2. The van der Waals surface area contributed by atoms with E-state index in [-0.39, 0.29) is 11.6 Å². The third-order valence-electron chi connectivity index (χ3n) is 4.69. The molecule has 1 aliphatic rings. The minimum absolute atomic E-state index is 0.178. The number of H-pyrrole nitrogens is 1. The number of nitrogens with one attached hydrogen (secondary N) is 2. The minimum Gasteiger partial charge on any atom is -0.365 e. The lowest BCUT2D eigenvalue weighted by Crippen LogP contribution is -2.35. The van der Waals surface area contributed by atoms with Crippen LogP contribution in [0.15, 0.2) is 27.8 Å². The first-order chi connectivity index (χ1) is 12.4. The topological polar surface area (TPSA) is 100 Å². The van der Waals surface area contributed by atoms with Crippen LogP contribution >= 0.6 is 0 Å². The Morgan fingerprint density at radius 3 is 2.77 bits per heavy atom. The third kappa shape index (κ3) is 2.85. The Balaban J connectivity index is 1.57. The smallest absolute Gasteiger partial charge is 0.329 e. The number of hydrogen-bond acceptors (Lipinski definition) is 6. The largest absolute Gasteiger partial charge is 0.365 e. The summed E-state index contributed by atoms with van der Waals surface area (Å²) in [6, 6.07) is 5.57. The van der Waals surface area contributed by atoms with Gasteiger partial charge in [-0.05, 0) is 20.3 Å². The zero-order valence-electron chi connectivity index (χ0n) is 15.0. The number of aromatic amines is 1. The monoisotopic (exact) mass is 355 g/mol. The summed E-state index contributed by atoms with van der Waals surface area (Å²) in [6.45, 7) is 5.34. The van der Waals surface area contributed by atoms with Crippen molar-refractivity contribution >= 4 is 17.3 Å². The van der Waals surface area contributed by atoms with Crippen molar-refractivity contribution in [2.75, 3.05) is 23.3 Å². The first-order valence-corrected chi connectivity index (χ1v) is 8.56. The van der Waals surface area contributed by atoms with Crippen molar-refractivity contribution < 1.29 is 0 Å². The average molecular weight is 355 g/mol.